The molecule has 0 unspecified atom stereocenters. The highest BCUT2D eigenvalue weighted by Crippen LogP contribution is 2.11. The molecule has 0 fully saturated rings. The predicted octanol–water partition coefficient (Wildman–Crippen LogP) is 2.81. The minimum atomic E-state index is -0.0429. The molecule has 0 aliphatic heterocycles. The van der Waals surface area contributed by atoms with Crippen LogP contribution < -0.4 is 11.1 Å². The molecule has 3 nitrogen and oxygen atoms in total. The number of anilines is 1. The van der Waals surface area contributed by atoms with E-state index in [1.165, 1.54) is 0 Å². The smallest absolute Gasteiger partial charge is 0.228 e. The van der Waals surface area contributed by atoms with Crippen LogP contribution in [-0.2, 0) is 11.2 Å². The lowest BCUT2D eigenvalue weighted by Crippen LogP contribution is -2.15. The second kappa shape index (κ2) is 6.30. The molecule has 2 rings (SSSR count). The number of benzene rings is 2. The van der Waals surface area contributed by atoms with Gasteiger partial charge in [0.2, 0.25) is 5.91 Å². The highest BCUT2D eigenvalue weighted by molar-refractivity contribution is 7.80. The molecule has 20 heavy (non-hydrogen) atoms. The van der Waals surface area contributed by atoms with Gasteiger partial charge in [0.1, 0.15) is 4.99 Å². The van der Waals surface area contributed by atoms with Crippen molar-refractivity contribution in [2.24, 2.45) is 5.73 Å². The van der Waals surface area contributed by atoms with Crippen LogP contribution in [0.3, 0.4) is 0 Å². The molecule has 2 aromatic rings. The molecule has 0 saturated heterocycles. The van der Waals surface area contributed by atoms with Gasteiger partial charge in [-0.25, -0.2) is 0 Å². The molecule has 2 aromatic carbocycles. The molecule has 0 aromatic heterocycles. The monoisotopic (exact) mass is 284 g/mol. The van der Waals surface area contributed by atoms with Crippen molar-refractivity contribution in [1.82, 2.24) is 0 Å². The molecule has 4 heteroatoms. The SMILES string of the molecule is Cc1cccc(NC(=O)Cc2ccc(C(N)=S)cc2)c1. The van der Waals surface area contributed by atoms with Gasteiger partial charge < -0.3 is 11.1 Å². The summed E-state index contributed by atoms with van der Waals surface area (Å²) >= 11 is 4.89. The number of thiocarbonyl (C=S) groups is 1. The van der Waals surface area contributed by atoms with Crippen molar-refractivity contribution in [3.05, 3.63) is 65.2 Å². The largest absolute Gasteiger partial charge is 0.389 e. The first kappa shape index (κ1) is 14.2. The van der Waals surface area contributed by atoms with Crippen molar-refractivity contribution >= 4 is 28.8 Å². The lowest BCUT2D eigenvalue weighted by atomic mass is 10.1. The summed E-state index contributed by atoms with van der Waals surface area (Å²) < 4.78 is 0. The van der Waals surface area contributed by atoms with Crippen LogP contribution in [0, 0.1) is 6.92 Å². The molecule has 0 aliphatic carbocycles. The Bertz CT molecular complexity index is 635. The van der Waals surface area contributed by atoms with E-state index < -0.39 is 0 Å². The fraction of sp³-hybridized carbons (Fsp3) is 0.125. The summed E-state index contributed by atoms with van der Waals surface area (Å²) in [5.41, 5.74) is 9.20. The Kier molecular flexibility index (Phi) is 4.48. The standard InChI is InChI=1S/C16H16N2OS/c1-11-3-2-4-14(9-11)18-15(19)10-12-5-7-13(8-6-12)16(17)20/h2-9H,10H2,1H3,(H2,17,20)(H,18,19). The molecule has 0 bridgehead atoms. The van der Waals surface area contributed by atoms with Crippen LogP contribution in [-0.4, -0.2) is 10.9 Å². The number of carbonyl (C=O) groups excluding carboxylic acids is 1. The Hall–Kier alpha value is -2.20. The van der Waals surface area contributed by atoms with Crippen LogP contribution in [0.4, 0.5) is 5.69 Å². The molecule has 0 atom stereocenters. The lowest BCUT2D eigenvalue weighted by molar-refractivity contribution is -0.115. The first-order chi connectivity index (χ1) is 9.54. The summed E-state index contributed by atoms with van der Waals surface area (Å²) in [5, 5.41) is 2.88. The highest BCUT2D eigenvalue weighted by Gasteiger charge is 2.05. The first-order valence-corrected chi connectivity index (χ1v) is 6.71. The minimum Gasteiger partial charge on any atom is -0.389 e. The summed E-state index contributed by atoms with van der Waals surface area (Å²) in [6.07, 6.45) is 0.325. The molecule has 0 saturated carbocycles. The number of nitrogens with one attached hydrogen (secondary N) is 1. The molecular formula is C16H16N2OS. The van der Waals surface area contributed by atoms with Gasteiger partial charge in [0, 0.05) is 11.3 Å². The molecule has 0 spiro atoms. The van der Waals surface area contributed by atoms with E-state index in [4.69, 9.17) is 18.0 Å². The third-order valence-corrected chi connectivity index (χ3v) is 3.14. The predicted molar refractivity (Wildman–Crippen MR) is 85.8 cm³/mol. The van der Waals surface area contributed by atoms with Gasteiger partial charge in [0.05, 0.1) is 6.42 Å². The fourth-order valence-corrected chi connectivity index (χ4v) is 2.04. The minimum absolute atomic E-state index is 0.0429. The average Bonchev–Trinajstić information content (AvgIpc) is 2.39. The van der Waals surface area contributed by atoms with Gasteiger partial charge in [-0.3, -0.25) is 4.79 Å². The number of nitrogens with two attached hydrogens (primary N) is 1. The zero-order valence-electron chi connectivity index (χ0n) is 11.2. The van der Waals surface area contributed by atoms with Crippen LogP contribution in [0.5, 0.6) is 0 Å². The van der Waals surface area contributed by atoms with E-state index in [-0.39, 0.29) is 5.91 Å². The number of carbonyl (C=O) groups is 1. The molecule has 0 aliphatic rings. The molecule has 102 valence electrons. The van der Waals surface area contributed by atoms with Crippen LogP contribution in [0.25, 0.3) is 0 Å². The van der Waals surface area contributed by atoms with Gasteiger partial charge in [0.15, 0.2) is 0 Å². The first-order valence-electron chi connectivity index (χ1n) is 6.30. The zero-order chi connectivity index (χ0) is 14.5. The maximum absolute atomic E-state index is 12.0. The van der Waals surface area contributed by atoms with E-state index in [1.807, 2.05) is 55.5 Å². The molecule has 0 heterocycles. The number of hydrogen-bond donors (Lipinski definition) is 2. The fourth-order valence-electron chi connectivity index (χ4n) is 1.90. The summed E-state index contributed by atoms with van der Waals surface area (Å²) in [5.74, 6) is -0.0429. The molecule has 3 N–H and O–H groups in total. The Morgan fingerprint density at radius 1 is 1.20 bits per heavy atom. The van der Waals surface area contributed by atoms with Gasteiger partial charge in [-0.05, 0) is 30.2 Å². The second-order valence-electron chi connectivity index (χ2n) is 4.66. The molecule has 1 amide bonds. The number of rotatable bonds is 4. The molecular weight excluding hydrogens is 268 g/mol. The third kappa shape index (κ3) is 3.90. The van der Waals surface area contributed by atoms with Gasteiger partial charge in [-0.2, -0.15) is 0 Å². The maximum Gasteiger partial charge on any atom is 0.228 e. The topological polar surface area (TPSA) is 55.1 Å². The Labute approximate surface area is 123 Å². The highest BCUT2D eigenvalue weighted by atomic mass is 32.1. The zero-order valence-corrected chi connectivity index (χ0v) is 12.0. The summed E-state index contributed by atoms with van der Waals surface area (Å²) in [6, 6.07) is 15.1. The summed E-state index contributed by atoms with van der Waals surface area (Å²) in [7, 11) is 0. The maximum atomic E-state index is 12.0. The lowest BCUT2D eigenvalue weighted by Gasteiger charge is -2.06. The summed E-state index contributed by atoms with van der Waals surface area (Å²) in [6.45, 7) is 1.99. The summed E-state index contributed by atoms with van der Waals surface area (Å²) in [4.78, 5) is 12.3. The quantitative estimate of drug-likeness (QED) is 0.849. The van der Waals surface area contributed by atoms with Gasteiger partial charge in [-0.15, -0.1) is 0 Å². The van der Waals surface area contributed by atoms with E-state index in [1.54, 1.807) is 0 Å². The third-order valence-electron chi connectivity index (χ3n) is 2.90. The van der Waals surface area contributed by atoms with Crippen molar-refractivity contribution in [1.29, 1.82) is 0 Å². The van der Waals surface area contributed by atoms with E-state index in [0.717, 1.165) is 22.4 Å². The van der Waals surface area contributed by atoms with Crippen molar-refractivity contribution in [2.75, 3.05) is 5.32 Å². The molecule has 0 radical (unpaired) electrons. The van der Waals surface area contributed by atoms with Crippen molar-refractivity contribution in [2.45, 2.75) is 13.3 Å². The van der Waals surface area contributed by atoms with Gasteiger partial charge in [-0.1, -0.05) is 48.6 Å². The Morgan fingerprint density at radius 2 is 1.90 bits per heavy atom. The second-order valence-corrected chi connectivity index (χ2v) is 5.10. The normalized spacial score (nSPS) is 10.1. The number of hydrogen-bond acceptors (Lipinski definition) is 2. The van der Waals surface area contributed by atoms with E-state index >= 15 is 0 Å². The van der Waals surface area contributed by atoms with E-state index in [9.17, 15) is 4.79 Å². The van der Waals surface area contributed by atoms with Crippen LogP contribution in [0.1, 0.15) is 16.7 Å². The van der Waals surface area contributed by atoms with E-state index in [0.29, 0.717) is 11.4 Å². The van der Waals surface area contributed by atoms with Crippen molar-refractivity contribution in [3.63, 3.8) is 0 Å². The van der Waals surface area contributed by atoms with Gasteiger partial charge in [0.25, 0.3) is 0 Å². The Balaban J connectivity index is 1.99. The van der Waals surface area contributed by atoms with E-state index in [2.05, 4.69) is 5.32 Å². The van der Waals surface area contributed by atoms with Crippen molar-refractivity contribution < 1.29 is 4.79 Å². The van der Waals surface area contributed by atoms with Gasteiger partial charge >= 0.3 is 0 Å². The average molecular weight is 284 g/mol. The van der Waals surface area contributed by atoms with Crippen LogP contribution in [0.15, 0.2) is 48.5 Å². The number of amides is 1. The number of aryl methyl sites for hydroxylation is 1. The Morgan fingerprint density at radius 3 is 2.50 bits per heavy atom. The van der Waals surface area contributed by atoms with Crippen LogP contribution in [0.2, 0.25) is 0 Å². The van der Waals surface area contributed by atoms with Crippen LogP contribution >= 0.6 is 12.2 Å². The van der Waals surface area contributed by atoms with Crippen molar-refractivity contribution in [3.8, 4) is 0 Å².